The number of hydrogen-bond donors (Lipinski definition) is 3. The molecular formula is C15H19FN2O3. The van der Waals surface area contributed by atoms with Crippen molar-refractivity contribution < 1.29 is 19.1 Å². The van der Waals surface area contributed by atoms with Gasteiger partial charge in [0.1, 0.15) is 5.82 Å². The molecule has 0 aliphatic heterocycles. The minimum absolute atomic E-state index is 0.0740. The summed E-state index contributed by atoms with van der Waals surface area (Å²) in [6, 6.07) is 6.22. The first-order chi connectivity index (χ1) is 10.0. The summed E-state index contributed by atoms with van der Waals surface area (Å²) < 4.78 is 12.9. The van der Waals surface area contributed by atoms with E-state index in [9.17, 15) is 14.0 Å². The van der Waals surface area contributed by atoms with Gasteiger partial charge >= 0.3 is 12.0 Å². The molecule has 5 nitrogen and oxygen atoms in total. The number of hydrogen-bond acceptors (Lipinski definition) is 2. The molecule has 1 saturated carbocycles. The number of nitrogens with one attached hydrogen (secondary N) is 2. The second kappa shape index (κ2) is 7.06. The summed E-state index contributed by atoms with van der Waals surface area (Å²) in [6.07, 6.45) is 2.55. The van der Waals surface area contributed by atoms with E-state index in [0.717, 1.165) is 24.8 Å². The van der Waals surface area contributed by atoms with E-state index in [2.05, 4.69) is 10.6 Å². The van der Waals surface area contributed by atoms with Gasteiger partial charge in [-0.3, -0.25) is 4.79 Å². The molecule has 114 valence electrons. The van der Waals surface area contributed by atoms with Crippen LogP contribution in [-0.4, -0.2) is 29.7 Å². The highest BCUT2D eigenvalue weighted by molar-refractivity contribution is 5.75. The lowest BCUT2D eigenvalue weighted by atomic mass is 9.97. The second-order valence-electron chi connectivity index (χ2n) is 5.30. The molecule has 1 aromatic carbocycles. The van der Waals surface area contributed by atoms with Gasteiger partial charge < -0.3 is 15.7 Å². The molecule has 0 saturated heterocycles. The van der Waals surface area contributed by atoms with Gasteiger partial charge in [-0.15, -0.1) is 0 Å². The zero-order chi connectivity index (χ0) is 15.2. The molecule has 21 heavy (non-hydrogen) atoms. The molecule has 0 bridgehead atoms. The Kier molecular flexibility index (Phi) is 5.14. The minimum atomic E-state index is -0.937. The monoisotopic (exact) mass is 294 g/mol. The molecule has 6 heteroatoms. The molecule has 2 unspecified atom stereocenters. The van der Waals surface area contributed by atoms with Crippen LogP contribution in [-0.2, 0) is 4.79 Å². The number of carboxylic acids is 1. The number of amides is 2. The second-order valence-corrected chi connectivity index (χ2v) is 5.30. The maximum atomic E-state index is 12.9. The SMILES string of the molecule is O=C(O)CCNC(=O)NC1CCC(c2ccc(F)cc2)C1. The number of benzene rings is 1. The molecule has 1 aromatic rings. The number of carbonyl (C=O) groups is 2. The Balaban J connectivity index is 1.76. The van der Waals surface area contributed by atoms with Crippen LogP contribution < -0.4 is 10.6 Å². The molecule has 3 N–H and O–H groups in total. The lowest BCUT2D eigenvalue weighted by molar-refractivity contribution is -0.136. The molecule has 0 spiro atoms. The lowest BCUT2D eigenvalue weighted by Crippen LogP contribution is -2.41. The quantitative estimate of drug-likeness (QED) is 0.779. The van der Waals surface area contributed by atoms with E-state index in [1.807, 2.05) is 0 Å². The first-order valence-corrected chi connectivity index (χ1v) is 7.06. The van der Waals surface area contributed by atoms with Gasteiger partial charge in [0.25, 0.3) is 0 Å². The van der Waals surface area contributed by atoms with Crippen molar-refractivity contribution in [2.75, 3.05) is 6.54 Å². The molecule has 1 aliphatic rings. The van der Waals surface area contributed by atoms with Crippen molar-refractivity contribution in [1.29, 1.82) is 0 Å². The summed E-state index contributed by atoms with van der Waals surface area (Å²) in [6.45, 7) is 0.120. The Morgan fingerprint density at radius 2 is 1.95 bits per heavy atom. The maximum Gasteiger partial charge on any atom is 0.315 e. The van der Waals surface area contributed by atoms with Crippen LogP contribution in [0.15, 0.2) is 24.3 Å². The van der Waals surface area contributed by atoms with Gasteiger partial charge in [0.05, 0.1) is 6.42 Å². The van der Waals surface area contributed by atoms with E-state index >= 15 is 0 Å². The van der Waals surface area contributed by atoms with Crippen molar-refractivity contribution in [2.45, 2.75) is 37.6 Å². The van der Waals surface area contributed by atoms with E-state index in [0.29, 0.717) is 5.92 Å². The molecule has 2 rings (SSSR count). The third kappa shape index (κ3) is 4.73. The fraction of sp³-hybridized carbons (Fsp3) is 0.467. The Bertz CT molecular complexity index is 504. The normalized spacial score (nSPS) is 21.0. The first-order valence-electron chi connectivity index (χ1n) is 7.06. The minimum Gasteiger partial charge on any atom is -0.481 e. The number of rotatable bonds is 5. The summed E-state index contributed by atoms with van der Waals surface area (Å²) in [4.78, 5) is 22.0. The average Bonchev–Trinajstić information content (AvgIpc) is 2.87. The van der Waals surface area contributed by atoms with Crippen LogP contribution >= 0.6 is 0 Å². The summed E-state index contributed by atoms with van der Waals surface area (Å²) in [5.74, 6) is -0.855. The Morgan fingerprint density at radius 1 is 1.24 bits per heavy atom. The molecule has 0 aromatic heterocycles. The van der Waals surface area contributed by atoms with Gasteiger partial charge in [-0.05, 0) is 42.9 Å². The molecule has 0 radical (unpaired) electrons. The first kappa shape index (κ1) is 15.3. The van der Waals surface area contributed by atoms with Crippen molar-refractivity contribution in [2.24, 2.45) is 0 Å². The van der Waals surface area contributed by atoms with Crippen LogP contribution in [0.2, 0.25) is 0 Å². The van der Waals surface area contributed by atoms with Crippen molar-refractivity contribution in [3.8, 4) is 0 Å². The van der Waals surface area contributed by atoms with Crippen LogP contribution in [0.3, 0.4) is 0 Å². The predicted octanol–water partition coefficient (Wildman–Crippen LogP) is 2.24. The standard InChI is InChI=1S/C15H19FN2O3/c16-12-4-1-10(2-5-12)11-3-6-13(9-11)18-15(21)17-8-7-14(19)20/h1-2,4-5,11,13H,3,6-9H2,(H,19,20)(H2,17,18,21). The molecule has 1 aliphatic carbocycles. The number of halogens is 1. The van der Waals surface area contributed by atoms with E-state index in [1.54, 1.807) is 12.1 Å². The summed E-state index contributed by atoms with van der Waals surface area (Å²) in [7, 11) is 0. The number of urea groups is 1. The molecule has 2 atom stereocenters. The van der Waals surface area contributed by atoms with E-state index in [-0.39, 0.29) is 30.9 Å². The van der Waals surface area contributed by atoms with Crippen LogP contribution in [0.4, 0.5) is 9.18 Å². The summed E-state index contributed by atoms with van der Waals surface area (Å²) in [5, 5.41) is 13.9. The highest BCUT2D eigenvalue weighted by atomic mass is 19.1. The van der Waals surface area contributed by atoms with Crippen molar-refractivity contribution in [1.82, 2.24) is 10.6 Å². The number of aliphatic carboxylic acids is 1. The van der Waals surface area contributed by atoms with Crippen LogP contribution in [0.5, 0.6) is 0 Å². The lowest BCUT2D eigenvalue weighted by Gasteiger charge is -2.14. The largest absolute Gasteiger partial charge is 0.481 e. The molecule has 0 heterocycles. The number of carboxylic acid groups (broad SMARTS) is 1. The fourth-order valence-corrected chi connectivity index (χ4v) is 2.67. The van der Waals surface area contributed by atoms with Gasteiger partial charge in [-0.1, -0.05) is 12.1 Å². The summed E-state index contributed by atoms with van der Waals surface area (Å²) >= 11 is 0. The van der Waals surface area contributed by atoms with E-state index in [1.165, 1.54) is 12.1 Å². The Hall–Kier alpha value is -2.11. The third-order valence-corrected chi connectivity index (χ3v) is 3.73. The maximum absolute atomic E-state index is 12.9. The smallest absolute Gasteiger partial charge is 0.315 e. The molecule has 2 amide bonds. The van der Waals surface area contributed by atoms with Crippen LogP contribution in [0, 0.1) is 5.82 Å². The van der Waals surface area contributed by atoms with Crippen molar-refractivity contribution in [3.05, 3.63) is 35.6 Å². The highest BCUT2D eigenvalue weighted by Gasteiger charge is 2.26. The Morgan fingerprint density at radius 3 is 2.62 bits per heavy atom. The number of carbonyl (C=O) groups excluding carboxylic acids is 1. The third-order valence-electron chi connectivity index (χ3n) is 3.73. The van der Waals surface area contributed by atoms with Crippen LogP contribution in [0.25, 0.3) is 0 Å². The summed E-state index contributed by atoms with van der Waals surface area (Å²) in [5.41, 5.74) is 1.09. The zero-order valence-corrected chi connectivity index (χ0v) is 11.6. The zero-order valence-electron chi connectivity index (χ0n) is 11.6. The van der Waals surface area contributed by atoms with Crippen LogP contribution in [0.1, 0.15) is 37.2 Å². The van der Waals surface area contributed by atoms with Crippen molar-refractivity contribution in [3.63, 3.8) is 0 Å². The van der Waals surface area contributed by atoms with Crippen molar-refractivity contribution >= 4 is 12.0 Å². The van der Waals surface area contributed by atoms with Gasteiger partial charge in [-0.2, -0.15) is 0 Å². The van der Waals surface area contributed by atoms with Gasteiger partial charge in [0.2, 0.25) is 0 Å². The molecular weight excluding hydrogens is 275 g/mol. The van der Waals surface area contributed by atoms with E-state index in [4.69, 9.17) is 5.11 Å². The van der Waals surface area contributed by atoms with Gasteiger partial charge in [0, 0.05) is 12.6 Å². The molecule has 1 fully saturated rings. The Labute approximate surface area is 122 Å². The fourth-order valence-electron chi connectivity index (χ4n) is 2.67. The topological polar surface area (TPSA) is 78.4 Å². The van der Waals surface area contributed by atoms with Gasteiger partial charge in [-0.25, -0.2) is 9.18 Å². The van der Waals surface area contributed by atoms with Gasteiger partial charge in [0.15, 0.2) is 0 Å². The highest BCUT2D eigenvalue weighted by Crippen LogP contribution is 2.34. The average molecular weight is 294 g/mol. The predicted molar refractivity (Wildman–Crippen MR) is 75.6 cm³/mol. The van der Waals surface area contributed by atoms with E-state index < -0.39 is 5.97 Å².